The third-order valence-electron chi connectivity index (χ3n) is 6.69. The van der Waals surface area contributed by atoms with E-state index in [1.807, 2.05) is 24.3 Å². The molecule has 35 heavy (non-hydrogen) atoms. The maximum atomic E-state index is 12.2. The van der Waals surface area contributed by atoms with Gasteiger partial charge in [-0.25, -0.2) is 9.59 Å². The van der Waals surface area contributed by atoms with Crippen molar-refractivity contribution in [2.45, 2.75) is 26.1 Å². The van der Waals surface area contributed by atoms with Gasteiger partial charge in [-0.1, -0.05) is 0 Å². The summed E-state index contributed by atoms with van der Waals surface area (Å²) in [6.45, 7) is 6.02. The van der Waals surface area contributed by atoms with Crippen LogP contribution in [0.3, 0.4) is 0 Å². The zero-order valence-corrected chi connectivity index (χ0v) is 20.1. The Morgan fingerprint density at radius 3 is 1.86 bits per heavy atom. The fraction of sp³-hybridized carbons (Fsp3) is 0.333. The minimum atomic E-state index is -0.363. The first-order valence-electron chi connectivity index (χ1n) is 11.6. The molecule has 0 amide bonds. The van der Waals surface area contributed by atoms with Crippen LogP contribution in [0.15, 0.2) is 67.0 Å². The van der Waals surface area contributed by atoms with Gasteiger partial charge in [-0.05, 0) is 42.3 Å². The summed E-state index contributed by atoms with van der Waals surface area (Å²) >= 11 is 0. The van der Waals surface area contributed by atoms with Gasteiger partial charge in [0, 0.05) is 73.8 Å². The molecular formula is C27H28N2O6. The lowest BCUT2D eigenvalue weighted by molar-refractivity contribution is 0.0737. The second kappa shape index (κ2) is 9.56. The molecule has 8 heteroatoms. The average molecular weight is 477 g/mol. The smallest absolute Gasteiger partial charge is 0.336 e. The molecule has 0 radical (unpaired) electrons. The van der Waals surface area contributed by atoms with Crippen LogP contribution in [0.1, 0.15) is 18.1 Å². The van der Waals surface area contributed by atoms with E-state index in [1.54, 1.807) is 38.5 Å². The Morgan fingerprint density at radius 2 is 1.34 bits per heavy atom. The molecule has 2 aromatic carbocycles. The summed E-state index contributed by atoms with van der Waals surface area (Å²) in [5.41, 5.74) is 2.23. The van der Waals surface area contributed by atoms with Crippen LogP contribution in [-0.2, 0) is 13.1 Å². The SMILES string of the molecule is COc1ccc2c(CN3CCN(Cc4cc(=O)oc5cc(OC)ccc45)C(C)C3)cc(=O)oc2c1. The van der Waals surface area contributed by atoms with Crippen LogP contribution in [0.4, 0.5) is 0 Å². The molecule has 1 aliphatic rings. The molecule has 1 fully saturated rings. The maximum Gasteiger partial charge on any atom is 0.336 e. The molecule has 0 aliphatic carbocycles. The van der Waals surface area contributed by atoms with E-state index < -0.39 is 0 Å². The van der Waals surface area contributed by atoms with E-state index in [-0.39, 0.29) is 17.3 Å². The number of benzene rings is 2. The number of nitrogens with zero attached hydrogens (tertiary/aromatic N) is 2. The average Bonchev–Trinajstić information content (AvgIpc) is 2.84. The molecule has 8 nitrogen and oxygen atoms in total. The molecule has 0 spiro atoms. The van der Waals surface area contributed by atoms with Crippen LogP contribution < -0.4 is 20.7 Å². The number of fused-ring (bicyclic) bond motifs is 2. The quantitative estimate of drug-likeness (QED) is 0.390. The zero-order chi connectivity index (χ0) is 24.5. The van der Waals surface area contributed by atoms with E-state index in [0.29, 0.717) is 35.8 Å². The van der Waals surface area contributed by atoms with Crippen LogP contribution in [0.5, 0.6) is 11.5 Å². The molecule has 5 rings (SSSR count). The van der Waals surface area contributed by atoms with Crippen molar-refractivity contribution in [3.05, 3.63) is 80.5 Å². The van der Waals surface area contributed by atoms with Gasteiger partial charge in [0.25, 0.3) is 0 Å². The summed E-state index contributed by atoms with van der Waals surface area (Å²) < 4.78 is 21.3. The highest BCUT2D eigenvalue weighted by Gasteiger charge is 2.25. The van der Waals surface area contributed by atoms with E-state index in [1.165, 1.54) is 0 Å². The minimum Gasteiger partial charge on any atom is -0.497 e. The Hall–Kier alpha value is -3.62. The zero-order valence-electron chi connectivity index (χ0n) is 20.1. The Balaban J connectivity index is 1.33. The molecule has 1 atom stereocenters. The van der Waals surface area contributed by atoms with Crippen molar-refractivity contribution in [3.63, 3.8) is 0 Å². The van der Waals surface area contributed by atoms with Gasteiger partial charge in [0.05, 0.1) is 14.2 Å². The van der Waals surface area contributed by atoms with E-state index >= 15 is 0 Å². The fourth-order valence-corrected chi connectivity index (χ4v) is 4.84. The number of rotatable bonds is 6. The normalized spacial score (nSPS) is 17.2. The number of ether oxygens (including phenoxy) is 2. The lowest BCUT2D eigenvalue weighted by Gasteiger charge is -2.40. The van der Waals surface area contributed by atoms with E-state index in [4.69, 9.17) is 18.3 Å². The Kier molecular flexibility index (Phi) is 6.32. The number of hydrogen-bond acceptors (Lipinski definition) is 8. The molecular weight excluding hydrogens is 448 g/mol. The highest BCUT2D eigenvalue weighted by molar-refractivity contribution is 5.82. The van der Waals surface area contributed by atoms with E-state index in [9.17, 15) is 9.59 Å². The van der Waals surface area contributed by atoms with Gasteiger partial charge in [0.15, 0.2) is 0 Å². The summed E-state index contributed by atoms with van der Waals surface area (Å²) in [6, 6.07) is 14.5. The number of piperazine rings is 1. The number of methoxy groups -OCH3 is 2. The van der Waals surface area contributed by atoms with Gasteiger partial charge in [-0.15, -0.1) is 0 Å². The summed E-state index contributed by atoms with van der Waals surface area (Å²) in [5.74, 6) is 1.31. The number of hydrogen-bond donors (Lipinski definition) is 0. The van der Waals surface area contributed by atoms with E-state index in [2.05, 4.69) is 16.7 Å². The van der Waals surface area contributed by atoms with Crippen LogP contribution >= 0.6 is 0 Å². The highest BCUT2D eigenvalue weighted by Crippen LogP contribution is 2.26. The first-order valence-corrected chi connectivity index (χ1v) is 11.6. The van der Waals surface area contributed by atoms with Crippen molar-refractivity contribution < 1.29 is 18.3 Å². The van der Waals surface area contributed by atoms with Gasteiger partial charge in [-0.2, -0.15) is 0 Å². The topological polar surface area (TPSA) is 85.4 Å². The Labute approximate surface area is 202 Å². The molecule has 1 unspecified atom stereocenters. The van der Waals surface area contributed by atoms with Crippen molar-refractivity contribution in [2.75, 3.05) is 33.9 Å². The Morgan fingerprint density at radius 1 is 0.800 bits per heavy atom. The van der Waals surface area contributed by atoms with Crippen LogP contribution in [0.25, 0.3) is 21.9 Å². The standard InChI is InChI=1S/C27H28N2O6/c1-17-14-28(15-18-10-26(30)34-24-12-20(32-2)4-6-22(18)24)8-9-29(17)16-19-11-27(31)35-25-13-21(33-3)5-7-23(19)25/h4-7,10-13,17H,8-9,14-16H2,1-3H3. The molecule has 0 saturated carbocycles. The van der Waals surface area contributed by atoms with Gasteiger partial charge >= 0.3 is 11.3 Å². The molecule has 3 heterocycles. The second-order valence-corrected chi connectivity index (χ2v) is 8.96. The Bertz CT molecular complexity index is 1490. The molecule has 2 aromatic heterocycles. The third-order valence-corrected chi connectivity index (χ3v) is 6.69. The van der Waals surface area contributed by atoms with Crippen molar-refractivity contribution >= 4 is 21.9 Å². The van der Waals surface area contributed by atoms with Gasteiger partial charge < -0.3 is 18.3 Å². The summed E-state index contributed by atoms with van der Waals surface area (Å²) in [7, 11) is 3.18. The predicted molar refractivity (Wildman–Crippen MR) is 133 cm³/mol. The molecule has 182 valence electrons. The highest BCUT2D eigenvalue weighted by atomic mass is 16.5. The van der Waals surface area contributed by atoms with Crippen LogP contribution in [-0.4, -0.2) is 49.7 Å². The molecule has 0 bridgehead atoms. The fourth-order valence-electron chi connectivity index (χ4n) is 4.84. The van der Waals surface area contributed by atoms with E-state index in [0.717, 1.165) is 41.5 Å². The maximum absolute atomic E-state index is 12.2. The molecule has 4 aromatic rings. The van der Waals surface area contributed by atoms with Crippen molar-refractivity contribution in [1.82, 2.24) is 9.80 Å². The first-order chi connectivity index (χ1) is 16.9. The van der Waals surface area contributed by atoms with Crippen molar-refractivity contribution in [3.8, 4) is 11.5 Å². The summed E-state index contributed by atoms with van der Waals surface area (Å²) in [6.07, 6.45) is 0. The molecule has 0 N–H and O–H groups in total. The predicted octanol–water partition coefficient (Wildman–Crippen LogP) is 3.62. The van der Waals surface area contributed by atoms with Gasteiger partial charge in [0.1, 0.15) is 22.7 Å². The summed E-state index contributed by atoms with van der Waals surface area (Å²) in [5, 5.41) is 1.83. The van der Waals surface area contributed by atoms with Crippen LogP contribution in [0.2, 0.25) is 0 Å². The lowest BCUT2D eigenvalue weighted by atomic mass is 10.1. The lowest BCUT2D eigenvalue weighted by Crippen LogP contribution is -2.51. The van der Waals surface area contributed by atoms with Gasteiger partial charge in [0.2, 0.25) is 0 Å². The minimum absolute atomic E-state index is 0.260. The molecule has 1 aliphatic heterocycles. The summed E-state index contributed by atoms with van der Waals surface area (Å²) in [4.78, 5) is 29.1. The second-order valence-electron chi connectivity index (χ2n) is 8.96. The monoisotopic (exact) mass is 476 g/mol. The van der Waals surface area contributed by atoms with Crippen molar-refractivity contribution in [2.24, 2.45) is 0 Å². The van der Waals surface area contributed by atoms with Crippen molar-refractivity contribution in [1.29, 1.82) is 0 Å². The first kappa shape index (κ1) is 23.1. The molecule has 1 saturated heterocycles. The van der Waals surface area contributed by atoms with Crippen LogP contribution in [0, 0.1) is 0 Å². The largest absolute Gasteiger partial charge is 0.497 e. The third kappa shape index (κ3) is 4.80. The van der Waals surface area contributed by atoms with Gasteiger partial charge in [-0.3, -0.25) is 9.80 Å².